The highest BCUT2D eigenvalue weighted by Crippen LogP contribution is 2.28. The van der Waals surface area contributed by atoms with Crippen LogP contribution in [0.4, 0.5) is 4.79 Å². The highest BCUT2D eigenvalue weighted by molar-refractivity contribution is 5.69. The van der Waals surface area contributed by atoms with E-state index in [1.165, 1.54) is 0 Å². The molecule has 1 heterocycles. The number of nitrogens with one attached hydrogen (secondary N) is 1. The van der Waals surface area contributed by atoms with E-state index >= 15 is 0 Å². The molecule has 0 radical (unpaired) electrons. The molecule has 0 aromatic carbocycles. The first-order valence-corrected chi connectivity index (χ1v) is 8.20. The van der Waals surface area contributed by atoms with Gasteiger partial charge in [-0.25, -0.2) is 4.79 Å². The first-order chi connectivity index (χ1) is 9.85. The Kier molecular flexibility index (Phi) is 5.49. The molecule has 2 unspecified atom stereocenters. The van der Waals surface area contributed by atoms with Crippen LogP contribution in [-0.4, -0.2) is 54.5 Å². The summed E-state index contributed by atoms with van der Waals surface area (Å²) in [7, 11) is 0. The standard InChI is InChI=1S/C16H30N2O3/c1-12-11-13(7-10-20-12)17-8-9-18(14-5-6-14)15(19)21-16(2,3)4/h12-14,17H,5-11H2,1-4H3. The molecule has 2 rings (SSSR count). The maximum absolute atomic E-state index is 12.2. The lowest BCUT2D eigenvalue weighted by Gasteiger charge is -2.30. The number of nitrogens with zero attached hydrogens (tertiary/aromatic N) is 1. The van der Waals surface area contributed by atoms with Gasteiger partial charge in [-0.3, -0.25) is 0 Å². The largest absolute Gasteiger partial charge is 0.444 e. The van der Waals surface area contributed by atoms with Crippen molar-refractivity contribution >= 4 is 6.09 Å². The SMILES string of the molecule is CC1CC(NCCN(C(=O)OC(C)(C)C)C2CC2)CCO1. The number of ether oxygens (including phenoxy) is 2. The molecule has 122 valence electrons. The second-order valence-electron chi connectivity index (χ2n) is 7.26. The monoisotopic (exact) mass is 298 g/mol. The molecule has 0 aromatic heterocycles. The Morgan fingerprint density at radius 1 is 1.33 bits per heavy atom. The summed E-state index contributed by atoms with van der Waals surface area (Å²) < 4.78 is 11.1. The lowest BCUT2D eigenvalue weighted by Crippen LogP contribution is -2.45. The van der Waals surface area contributed by atoms with Gasteiger partial charge >= 0.3 is 6.09 Å². The Morgan fingerprint density at radius 2 is 2.05 bits per heavy atom. The minimum absolute atomic E-state index is 0.174. The van der Waals surface area contributed by atoms with E-state index in [0.717, 1.165) is 45.4 Å². The van der Waals surface area contributed by atoms with Gasteiger partial charge in [-0.15, -0.1) is 0 Å². The maximum atomic E-state index is 12.2. The van der Waals surface area contributed by atoms with Crippen LogP contribution in [0, 0.1) is 0 Å². The number of carbonyl (C=O) groups excluding carboxylic acids is 1. The molecular weight excluding hydrogens is 268 g/mol. The third-order valence-corrected chi connectivity index (χ3v) is 3.89. The smallest absolute Gasteiger partial charge is 0.410 e. The molecule has 1 saturated carbocycles. The third-order valence-electron chi connectivity index (χ3n) is 3.89. The van der Waals surface area contributed by atoms with Crippen molar-refractivity contribution in [1.29, 1.82) is 0 Å². The van der Waals surface area contributed by atoms with Crippen LogP contribution in [0.5, 0.6) is 0 Å². The Balaban J connectivity index is 1.74. The zero-order chi connectivity index (χ0) is 15.5. The summed E-state index contributed by atoms with van der Waals surface area (Å²) >= 11 is 0. The van der Waals surface area contributed by atoms with E-state index in [1.807, 2.05) is 25.7 Å². The Bertz CT molecular complexity index is 350. The Morgan fingerprint density at radius 3 is 2.62 bits per heavy atom. The summed E-state index contributed by atoms with van der Waals surface area (Å²) in [6, 6.07) is 0.892. The van der Waals surface area contributed by atoms with Crippen LogP contribution in [-0.2, 0) is 9.47 Å². The van der Waals surface area contributed by atoms with Crippen molar-refractivity contribution < 1.29 is 14.3 Å². The molecule has 1 aliphatic heterocycles. The molecule has 1 N–H and O–H groups in total. The average Bonchev–Trinajstić information content (AvgIpc) is 3.16. The molecule has 2 aliphatic rings. The minimum Gasteiger partial charge on any atom is -0.444 e. The van der Waals surface area contributed by atoms with Crippen LogP contribution in [0.1, 0.15) is 53.4 Å². The van der Waals surface area contributed by atoms with E-state index in [2.05, 4.69) is 12.2 Å². The van der Waals surface area contributed by atoms with Crippen molar-refractivity contribution in [3.05, 3.63) is 0 Å². The highest BCUT2D eigenvalue weighted by Gasteiger charge is 2.35. The molecule has 0 spiro atoms. The number of carbonyl (C=O) groups is 1. The summed E-state index contributed by atoms with van der Waals surface area (Å²) in [6.45, 7) is 10.2. The molecule has 5 nitrogen and oxygen atoms in total. The van der Waals surface area contributed by atoms with Crippen molar-refractivity contribution in [2.24, 2.45) is 0 Å². The van der Waals surface area contributed by atoms with Crippen LogP contribution < -0.4 is 5.32 Å². The van der Waals surface area contributed by atoms with Crippen molar-refractivity contribution in [1.82, 2.24) is 10.2 Å². The van der Waals surface area contributed by atoms with Gasteiger partial charge in [0.05, 0.1) is 6.10 Å². The van der Waals surface area contributed by atoms with Crippen LogP contribution in [0.3, 0.4) is 0 Å². The van der Waals surface area contributed by atoms with Crippen LogP contribution in [0.15, 0.2) is 0 Å². The van der Waals surface area contributed by atoms with Crippen LogP contribution in [0.2, 0.25) is 0 Å². The molecule has 0 bridgehead atoms. The van der Waals surface area contributed by atoms with Gasteiger partial charge in [0.2, 0.25) is 0 Å². The van der Waals surface area contributed by atoms with Gasteiger partial charge in [-0.1, -0.05) is 0 Å². The summed E-state index contributed by atoms with van der Waals surface area (Å²) in [5.41, 5.74) is -0.423. The molecule has 1 aliphatic carbocycles. The number of hydrogen-bond acceptors (Lipinski definition) is 4. The van der Waals surface area contributed by atoms with Crippen LogP contribution in [0.25, 0.3) is 0 Å². The van der Waals surface area contributed by atoms with Gasteiger partial charge in [0.15, 0.2) is 0 Å². The zero-order valence-electron chi connectivity index (χ0n) is 13.9. The average molecular weight is 298 g/mol. The number of hydrogen-bond donors (Lipinski definition) is 1. The summed E-state index contributed by atoms with van der Waals surface area (Å²) in [5.74, 6) is 0. The zero-order valence-corrected chi connectivity index (χ0v) is 13.9. The van der Waals surface area contributed by atoms with E-state index in [1.54, 1.807) is 0 Å². The number of amides is 1. The minimum atomic E-state index is -0.423. The summed E-state index contributed by atoms with van der Waals surface area (Å²) in [5, 5.41) is 3.55. The molecule has 2 fully saturated rings. The summed E-state index contributed by atoms with van der Waals surface area (Å²) in [6.07, 6.45) is 4.48. The molecule has 2 atom stereocenters. The lowest BCUT2D eigenvalue weighted by molar-refractivity contribution is 0.0108. The van der Waals surface area contributed by atoms with Gasteiger partial charge < -0.3 is 19.7 Å². The van der Waals surface area contributed by atoms with E-state index in [-0.39, 0.29) is 6.09 Å². The predicted octanol–water partition coefficient (Wildman–Crippen LogP) is 2.54. The molecule has 1 saturated heterocycles. The Labute approximate surface area is 128 Å². The first kappa shape index (κ1) is 16.6. The van der Waals surface area contributed by atoms with Crippen LogP contribution >= 0.6 is 0 Å². The van der Waals surface area contributed by atoms with Crippen molar-refractivity contribution in [2.45, 2.75) is 77.2 Å². The molecule has 0 aromatic rings. The fraction of sp³-hybridized carbons (Fsp3) is 0.938. The second-order valence-corrected chi connectivity index (χ2v) is 7.26. The summed E-state index contributed by atoms with van der Waals surface area (Å²) in [4.78, 5) is 14.1. The fourth-order valence-corrected chi connectivity index (χ4v) is 2.70. The van der Waals surface area contributed by atoms with Crippen molar-refractivity contribution in [3.63, 3.8) is 0 Å². The molecular formula is C16H30N2O3. The van der Waals surface area contributed by atoms with Gasteiger partial charge in [-0.2, -0.15) is 0 Å². The first-order valence-electron chi connectivity index (χ1n) is 8.20. The van der Waals surface area contributed by atoms with Gasteiger partial charge in [0.25, 0.3) is 0 Å². The van der Waals surface area contributed by atoms with Crippen molar-refractivity contribution in [3.8, 4) is 0 Å². The second kappa shape index (κ2) is 6.97. The Hall–Kier alpha value is -0.810. The van der Waals surface area contributed by atoms with Gasteiger partial charge in [0, 0.05) is 31.8 Å². The normalized spacial score (nSPS) is 26.5. The lowest BCUT2D eigenvalue weighted by atomic mass is 10.0. The highest BCUT2D eigenvalue weighted by atomic mass is 16.6. The third kappa shape index (κ3) is 5.83. The molecule has 5 heteroatoms. The van der Waals surface area contributed by atoms with Gasteiger partial charge in [0.1, 0.15) is 5.60 Å². The quantitative estimate of drug-likeness (QED) is 0.847. The van der Waals surface area contributed by atoms with E-state index in [0.29, 0.717) is 18.2 Å². The topological polar surface area (TPSA) is 50.8 Å². The maximum Gasteiger partial charge on any atom is 0.410 e. The van der Waals surface area contributed by atoms with Crippen molar-refractivity contribution in [2.75, 3.05) is 19.7 Å². The van der Waals surface area contributed by atoms with E-state index < -0.39 is 5.60 Å². The molecule has 21 heavy (non-hydrogen) atoms. The predicted molar refractivity (Wildman–Crippen MR) is 82.4 cm³/mol. The van der Waals surface area contributed by atoms with Gasteiger partial charge in [-0.05, 0) is 53.4 Å². The fourth-order valence-electron chi connectivity index (χ4n) is 2.70. The molecule has 1 amide bonds. The van der Waals surface area contributed by atoms with E-state index in [9.17, 15) is 4.79 Å². The van der Waals surface area contributed by atoms with E-state index in [4.69, 9.17) is 9.47 Å². The number of rotatable bonds is 5.